The van der Waals surface area contributed by atoms with Gasteiger partial charge in [0.1, 0.15) is 10.7 Å². The standard InChI is InChI=1S/C26H27N3O5S/c1-14(24(32)17-7-8-19-16(13-17)11-12-29(19)15(2)30)34-22(31)10-9-21-27-25(33)23-18-5-3-4-6-20(18)35-26(23)28-21/h7-8,13-14H,3-6,9-12H2,1-2H3,(H,27,28,33)/t14-/m0/s1. The Morgan fingerprint density at radius 2 is 2.00 bits per heavy atom. The Labute approximate surface area is 206 Å². The van der Waals surface area contributed by atoms with Gasteiger partial charge in [0.15, 0.2) is 6.10 Å². The van der Waals surface area contributed by atoms with Gasteiger partial charge in [-0.25, -0.2) is 4.98 Å². The van der Waals surface area contributed by atoms with E-state index in [1.165, 1.54) is 11.8 Å². The first-order valence-electron chi connectivity index (χ1n) is 12.0. The van der Waals surface area contributed by atoms with Crippen molar-refractivity contribution >= 4 is 44.9 Å². The number of ketones is 1. The zero-order chi connectivity index (χ0) is 24.7. The van der Waals surface area contributed by atoms with Crippen LogP contribution in [0.3, 0.4) is 0 Å². The number of H-pyrrole nitrogens is 1. The molecule has 0 saturated carbocycles. The number of aromatic amines is 1. The molecule has 1 N–H and O–H groups in total. The van der Waals surface area contributed by atoms with Gasteiger partial charge in [0.25, 0.3) is 5.56 Å². The largest absolute Gasteiger partial charge is 0.454 e. The second-order valence-electron chi connectivity index (χ2n) is 9.16. The molecule has 1 aliphatic heterocycles. The maximum absolute atomic E-state index is 12.8. The van der Waals surface area contributed by atoms with E-state index in [9.17, 15) is 19.2 Å². The van der Waals surface area contributed by atoms with Crippen LogP contribution in [-0.4, -0.2) is 40.3 Å². The van der Waals surface area contributed by atoms with Crippen molar-refractivity contribution in [2.75, 3.05) is 11.4 Å². The van der Waals surface area contributed by atoms with E-state index < -0.39 is 12.1 Å². The van der Waals surface area contributed by atoms with E-state index in [-0.39, 0.29) is 30.1 Å². The summed E-state index contributed by atoms with van der Waals surface area (Å²) in [7, 11) is 0. The van der Waals surface area contributed by atoms with Crippen molar-refractivity contribution < 1.29 is 19.1 Å². The van der Waals surface area contributed by atoms with Crippen LogP contribution >= 0.6 is 11.3 Å². The Bertz CT molecular complexity index is 1410. The number of rotatable bonds is 6. The van der Waals surface area contributed by atoms with Crippen molar-refractivity contribution in [3.63, 3.8) is 0 Å². The van der Waals surface area contributed by atoms with Gasteiger partial charge >= 0.3 is 5.97 Å². The third kappa shape index (κ3) is 4.52. The summed E-state index contributed by atoms with van der Waals surface area (Å²) in [6.45, 7) is 3.67. The van der Waals surface area contributed by atoms with Gasteiger partial charge in [-0.15, -0.1) is 11.3 Å². The number of nitrogens with zero attached hydrogens (tertiary/aromatic N) is 2. The fraction of sp³-hybridized carbons (Fsp3) is 0.423. The van der Waals surface area contributed by atoms with Gasteiger partial charge in [-0.3, -0.25) is 19.2 Å². The Morgan fingerprint density at radius 1 is 1.20 bits per heavy atom. The molecule has 0 spiro atoms. The summed E-state index contributed by atoms with van der Waals surface area (Å²) in [6.07, 6.45) is 4.11. The zero-order valence-electron chi connectivity index (χ0n) is 19.8. The number of thiophene rings is 1. The highest BCUT2D eigenvalue weighted by atomic mass is 32.1. The van der Waals surface area contributed by atoms with E-state index in [2.05, 4.69) is 9.97 Å². The monoisotopic (exact) mass is 493 g/mol. The van der Waals surface area contributed by atoms with Crippen molar-refractivity contribution in [1.82, 2.24) is 9.97 Å². The second-order valence-corrected chi connectivity index (χ2v) is 10.2. The molecule has 2 aromatic heterocycles. The molecule has 0 radical (unpaired) electrons. The molecule has 0 saturated heterocycles. The molecule has 1 aromatic carbocycles. The molecule has 1 amide bonds. The number of hydrogen-bond acceptors (Lipinski definition) is 7. The Kier molecular flexibility index (Phi) is 6.27. The van der Waals surface area contributed by atoms with Gasteiger partial charge in [-0.2, -0.15) is 0 Å². The van der Waals surface area contributed by atoms with Crippen LogP contribution < -0.4 is 10.5 Å². The highest BCUT2D eigenvalue weighted by Crippen LogP contribution is 2.33. The molecule has 1 aliphatic carbocycles. The SMILES string of the molecule is CC(=O)N1CCc2cc(C(=O)[C@H](C)OC(=O)CCc3nc4sc5c(c4c(=O)[nH]3)CCCC5)ccc21. The Balaban J connectivity index is 1.21. The van der Waals surface area contributed by atoms with Crippen LogP contribution in [-0.2, 0) is 40.0 Å². The molecule has 2 aliphatic rings. The van der Waals surface area contributed by atoms with Gasteiger partial charge in [0.2, 0.25) is 11.7 Å². The molecule has 1 atom stereocenters. The number of benzene rings is 1. The average Bonchev–Trinajstić information content (AvgIpc) is 3.43. The normalized spacial score (nSPS) is 15.5. The fourth-order valence-corrected chi connectivity index (χ4v) is 6.25. The number of fused-ring (bicyclic) bond motifs is 4. The molecule has 3 heterocycles. The predicted molar refractivity (Wildman–Crippen MR) is 133 cm³/mol. The van der Waals surface area contributed by atoms with Crippen molar-refractivity contribution in [3.8, 4) is 0 Å². The third-order valence-electron chi connectivity index (χ3n) is 6.76. The van der Waals surface area contributed by atoms with E-state index >= 15 is 0 Å². The minimum absolute atomic E-state index is 0.00884. The van der Waals surface area contributed by atoms with E-state index in [1.807, 2.05) is 0 Å². The first-order valence-corrected chi connectivity index (χ1v) is 12.8. The molecule has 3 aromatic rings. The zero-order valence-corrected chi connectivity index (χ0v) is 20.6. The molecule has 9 heteroatoms. The van der Waals surface area contributed by atoms with Crippen molar-refractivity contribution in [3.05, 3.63) is 55.9 Å². The quantitative estimate of drug-likeness (QED) is 0.416. The first kappa shape index (κ1) is 23.4. The first-order chi connectivity index (χ1) is 16.8. The van der Waals surface area contributed by atoms with Crippen LogP contribution in [0.15, 0.2) is 23.0 Å². The highest BCUT2D eigenvalue weighted by Gasteiger charge is 2.26. The van der Waals surface area contributed by atoms with Gasteiger partial charge < -0.3 is 14.6 Å². The highest BCUT2D eigenvalue weighted by molar-refractivity contribution is 7.18. The number of nitrogens with one attached hydrogen (secondary N) is 1. The van der Waals surface area contributed by atoms with E-state index in [0.717, 1.165) is 47.3 Å². The van der Waals surface area contributed by atoms with Crippen LogP contribution in [0, 0.1) is 0 Å². The number of anilines is 1. The lowest BCUT2D eigenvalue weighted by Crippen LogP contribution is -2.26. The lowest BCUT2D eigenvalue weighted by molar-refractivity contribution is -0.146. The van der Waals surface area contributed by atoms with E-state index in [4.69, 9.17) is 4.74 Å². The van der Waals surface area contributed by atoms with Gasteiger partial charge in [0.05, 0.1) is 11.8 Å². The topological polar surface area (TPSA) is 109 Å². The molecule has 8 nitrogen and oxygen atoms in total. The summed E-state index contributed by atoms with van der Waals surface area (Å²) in [5, 5.41) is 0.691. The molecule has 35 heavy (non-hydrogen) atoms. The third-order valence-corrected chi connectivity index (χ3v) is 7.94. The summed E-state index contributed by atoms with van der Waals surface area (Å²) in [5.74, 6) is -0.396. The molecule has 0 bridgehead atoms. The van der Waals surface area contributed by atoms with Gasteiger partial charge in [-0.05, 0) is 68.4 Å². The van der Waals surface area contributed by atoms with Crippen LogP contribution in [0.4, 0.5) is 5.69 Å². The molecule has 5 rings (SSSR count). The number of Topliss-reactive ketones (excluding diaryl/α,β-unsaturated/α-hetero) is 1. The Hall–Kier alpha value is -3.33. The van der Waals surface area contributed by atoms with Crippen LogP contribution in [0.5, 0.6) is 0 Å². The van der Waals surface area contributed by atoms with Gasteiger partial charge in [-0.1, -0.05) is 0 Å². The van der Waals surface area contributed by atoms with Crippen molar-refractivity contribution in [2.45, 2.75) is 64.9 Å². The number of carbonyl (C=O) groups is 3. The van der Waals surface area contributed by atoms with Crippen molar-refractivity contribution in [1.29, 1.82) is 0 Å². The Morgan fingerprint density at radius 3 is 2.80 bits per heavy atom. The minimum Gasteiger partial charge on any atom is -0.454 e. The molecule has 0 unspecified atom stereocenters. The lowest BCUT2D eigenvalue weighted by Gasteiger charge is -2.16. The maximum atomic E-state index is 12.8. The number of esters is 1. The smallest absolute Gasteiger partial charge is 0.306 e. The second kappa shape index (κ2) is 9.37. The summed E-state index contributed by atoms with van der Waals surface area (Å²) in [4.78, 5) is 60.7. The average molecular weight is 494 g/mol. The summed E-state index contributed by atoms with van der Waals surface area (Å²) < 4.78 is 5.38. The van der Waals surface area contributed by atoms with Crippen LogP contribution in [0.1, 0.15) is 65.3 Å². The predicted octanol–water partition coefficient (Wildman–Crippen LogP) is 3.52. The van der Waals surface area contributed by atoms with Crippen molar-refractivity contribution in [2.24, 2.45) is 0 Å². The van der Waals surface area contributed by atoms with Crippen LogP contribution in [0.2, 0.25) is 0 Å². The summed E-state index contributed by atoms with van der Waals surface area (Å²) in [5.41, 5.74) is 3.19. The van der Waals surface area contributed by atoms with E-state index in [1.54, 1.807) is 41.4 Å². The molecule has 0 fully saturated rings. The minimum atomic E-state index is -0.940. The van der Waals surface area contributed by atoms with Crippen LogP contribution in [0.25, 0.3) is 10.2 Å². The number of amides is 1. The lowest BCUT2D eigenvalue weighted by atomic mass is 9.97. The molecule has 182 valence electrons. The number of aryl methyl sites for hydroxylation is 3. The molecular formula is C26H27N3O5S. The fourth-order valence-electron chi connectivity index (χ4n) is 4.97. The number of hydrogen-bond donors (Lipinski definition) is 1. The number of carbonyl (C=O) groups excluding carboxylic acids is 3. The summed E-state index contributed by atoms with van der Waals surface area (Å²) >= 11 is 1.57. The number of ether oxygens (including phenoxy) is 1. The molecular weight excluding hydrogens is 466 g/mol. The maximum Gasteiger partial charge on any atom is 0.306 e. The van der Waals surface area contributed by atoms with E-state index in [0.29, 0.717) is 29.7 Å². The number of aromatic nitrogens is 2. The summed E-state index contributed by atoms with van der Waals surface area (Å²) in [6, 6.07) is 5.21. The van der Waals surface area contributed by atoms with Gasteiger partial charge in [0, 0.05) is 36.0 Å².